The minimum atomic E-state index is -1.31. The zero-order chi connectivity index (χ0) is 27.0. The SMILES string of the molecule is COc1ccc(CN2CCN(C(C)=O)CC(O)(COc3ccc(F)cc3)C2)cc1OCCCn1ccnc1. The fourth-order valence-corrected chi connectivity index (χ4v) is 4.52. The van der Waals surface area contributed by atoms with Crippen LogP contribution in [0.3, 0.4) is 0 Å². The number of aryl methyl sites for hydroxylation is 1. The molecule has 38 heavy (non-hydrogen) atoms. The Hall–Kier alpha value is -3.63. The van der Waals surface area contributed by atoms with E-state index in [-0.39, 0.29) is 24.9 Å². The average molecular weight is 527 g/mol. The van der Waals surface area contributed by atoms with Gasteiger partial charge in [0.05, 0.1) is 26.6 Å². The van der Waals surface area contributed by atoms with E-state index in [1.807, 2.05) is 29.0 Å². The van der Waals surface area contributed by atoms with Crippen LogP contribution in [0.15, 0.2) is 61.2 Å². The Labute approximate surface area is 222 Å². The van der Waals surface area contributed by atoms with Crippen molar-refractivity contribution in [1.82, 2.24) is 19.4 Å². The number of β-amino-alcohol motifs (C(OH)–C–C–N with tert-alkyl or cyclic N) is 1. The summed E-state index contributed by atoms with van der Waals surface area (Å²) in [7, 11) is 1.61. The number of methoxy groups -OCH3 is 1. The van der Waals surface area contributed by atoms with E-state index in [1.165, 1.54) is 31.2 Å². The molecule has 0 saturated carbocycles. The normalized spacial score (nSPS) is 18.2. The highest BCUT2D eigenvalue weighted by atomic mass is 19.1. The number of rotatable bonds is 11. The molecule has 10 heteroatoms. The molecule has 0 spiro atoms. The van der Waals surface area contributed by atoms with Gasteiger partial charge in [0.2, 0.25) is 5.91 Å². The van der Waals surface area contributed by atoms with Gasteiger partial charge in [-0.15, -0.1) is 0 Å². The van der Waals surface area contributed by atoms with Crippen LogP contribution in [0.4, 0.5) is 4.39 Å². The van der Waals surface area contributed by atoms with Crippen molar-refractivity contribution in [2.24, 2.45) is 0 Å². The van der Waals surface area contributed by atoms with Gasteiger partial charge in [0.1, 0.15) is 23.8 Å². The Morgan fingerprint density at radius 1 is 1.11 bits per heavy atom. The number of aliphatic hydroxyl groups is 1. The predicted molar refractivity (Wildman–Crippen MR) is 140 cm³/mol. The summed E-state index contributed by atoms with van der Waals surface area (Å²) in [6.45, 7) is 4.85. The van der Waals surface area contributed by atoms with E-state index in [1.54, 1.807) is 24.5 Å². The maximum Gasteiger partial charge on any atom is 0.219 e. The molecule has 1 aliphatic heterocycles. The second kappa shape index (κ2) is 12.7. The highest BCUT2D eigenvalue weighted by Gasteiger charge is 2.37. The molecule has 0 radical (unpaired) electrons. The molecule has 1 unspecified atom stereocenters. The molecule has 1 N–H and O–H groups in total. The first-order chi connectivity index (χ1) is 18.3. The van der Waals surface area contributed by atoms with Crippen LogP contribution in [-0.4, -0.2) is 82.5 Å². The molecule has 3 aromatic rings. The molecule has 9 nitrogen and oxygen atoms in total. The largest absolute Gasteiger partial charge is 0.493 e. The highest BCUT2D eigenvalue weighted by Crippen LogP contribution is 2.29. The van der Waals surface area contributed by atoms with Gasteiger partial charge in [-0.05, 0) is 48.4 Å². The van der Waals surface area contributed by atoms with E-state index in [4.69, 9.17) is 14.2 Å². The van der Waals surface area contributed by atoms with Gasteiger partial charge in [-0.1, -0.05) is 6.07 Å². The Bertz CT molecular complexity index is 1170. The topological polar surface area (TPSA) is 89.3 Å². The second-order valence-corrected chi connectivity index (χ2v) is 9.61. The summed E-state index contributed by atoms with van der Waals surface area (Å²) in [4.78, 5) is 20.0. The predicted octanol–water partition coefficient (Wildman–Crippen LogP) is 2.97. The molecular formula is C28H35FN4O5. The van der Waals surface area contributed by atoms with Crippen LogP contribution in [0.2, 0.25) is 0 Å². The van der Waals surface area contributed by atoms with Crippen molar-refractivity contribution in [3.8, 4) is 17.2 Å². The number of nitrogens with zero attached hydrogens (tertiary/aromatic N) is 4. The van der Waals surface area contributed by atoms with Gasteiger partial charge in [-0.3, -0.25) is 9.69 Å². The van der Waals surface area contributed by atoms with Gasteiger partial charge < -0.3 is 28.8 Å². The van der Waals surface area contributed by atoms with Crippen molar-refractivity contribution in [3.63, 3.8) is 0 Å². The monoisotopic (exact) mass is 526 g/mol. The molecule has 1 aromatic heterocycles. The number of carbonyl (C=O) groups excluding carboxylic acids is 1. The molecule has 2 heterocycles. The average Bonchev–Trinajstić information content (AvgIpc) is 3.36. The first-order valence-corrected chi connectivity index (χ1v) is 12.7. The van der Waals surface area contributed by atoms with Gasteiger partial charge in [-0.25, -0.2) is 9.37 Å². The molecule has 204 valence electrons. The number of amides is 1. The van der Waals surface area contributed by atoms with Crippen molar-refractivity contribution < 1.29 is 28.5 Å². The summed E-state index contributed by atoms with van der Waals surface area (Å²) in [5.41, 5.74) is -0.316. The number of imidazole rings is 1. The number of hydrogen-bond donors (Lipinski definition) is 1. The molecule has 1 fully saturated rings. The van der Waals surface area contributed by atoms with Crippen LogP contribution in [0.5, 0.6) is 17.2 Å². The van der Waals surface area contributed by atoms with Gasteiger partial charge in [0.15, 0.2) is 11.5 Å². The summed E-state index contributed by atoms with van der Waals surface area (Å²) in [6.07, 6.45) is 6.27. The number of ether oxygens (including phenoxy) is 3. The van der Waals surface area contributed by atoms with E-state index < -0.39 is 5.60 Å². The van der Waals surface area contributed by atoms with E-state index >= 15 is 0 Å². The minimum absolute atomic E-state index is 0.0349. The van der Waals surface area contributed by atoms with E-state index in [2.05, 4.69) is 9.88 Å². The third-order valence-corrected chi connectivity index (χ3v) is 6.47. The van der Waals surface area contributed by atoms with Crippen molar-refractivity contribution in [2.45, 2.75) is 32.0 Å². The van der Waals surface area contributed by atoms with E-state index in [0.29, 0.717) is 50.0 Å². The van der Waals surface area contributed by atoms with Crippen LogP contribution in [-0.2, 0) is 17.9 Å². The molecule has 1 saturated heterocycles. The van der Waals surface area contributed by atoms with Crippen molar-refractivity contribution in [1.29, 1.82) is 0 Å². The third-order valence-electron chi connectivity index (χ3n) is 6.47. The van der Waals surface area contributed by atoms with Crippen LogP contribution < -0.4 is 14.2 Å². The molecular weight excluding hydrogens is 491 g/mol. The standard InChI is InChI=1S/C28H35FN4O5/c1-22(34)33-14-13-32(18-28(35,19-33)20-38-25-7-5-24(29)6-8-25)17-23-4-9-26(36-2)27(16-23)37-15-3-11-31-12-10-30-21-31/h4-10,12,16,21,35H,3,11,13-15,17-20H2,1-2H3. The second-order valence-electron chi connectivity index (χ2n) is 9.61. The maximum absolute atomic E-state index is 13.3. The number of halogens is 1. The van der Waals surface area contributed by atoms with Gasteiger partial charge in [0.25, 0.3) is 0 Å². The lowest BCUT2D eigenvalue weighted by atomic mass is 10.0. The molecule has 0 aliphatic carbocycles. The first-order valence-electron chi connectivity index (χ1n) is 12.7. The number of hydrogen-bond acceptors (Lipinski definition) is 7. The summed E-state index contributed by atoms with van der Waals surface area (Å²) < 4.78 is 32.6. The lowest BCUT2D eigenvalue weighted by Crippen LogP contribution is -2.51. The van der Waals surface area contributed by atoms with Crippen molar-refractivity contribution >= 4 is 5.91 Å². The lowest BCUT2D eigenvalue weighted by molar-refractivity contribution is -0.132. The van der Waals surface area contributed by atoms with Crippen LogP contribution >= 0.6 is 0 Å². The smallest absolute Gasteiger partial charge is 0.219 e. The van der Waals surface area contributed by atoms with Gasteiger partial charge in [-0.2, -0.15) is 0 Å². The van der Waals surface area contributed by atoms with Crippen molar-refractivity contribution in [3.05, 3.63) is 72.6 Å². The summed E-state index contributed by atoms with van der Waals surface area (Å²) >= 11 is 0. The fourth-order valence-electron chi connectivity index (χ4n) is 4.52. The number of benzene rings is 2. The fraction of sp³-hybridized carbons (Fsp3) is 0.429. The molecule has 2 aromatic carbocycles. The highest BCUT2D eigenvalue weighted by molar-refractivity contribution is 5.73. The maximum atomic E-state index is 13.3. The Balaban J connectivity index is 1.41. The Morgan fingerprint density at radius 2 is 1.92 bits per heavy atom. The number of aromatic nitrogens is 2. The van der Waals surface area contributed by atoms with Crippen LogP contribution in [0, 0.1) is 5.82 Å². The molecule has 1 atom stereocenters. The molecule has 1 aliphatic rings. The number of carbonyl (C=O) groups is 1. The Morgan fingerprint density at radius 3 is 2.63 bits per heavy atom. The quantitative estimate of drug-likeness (QED) is 0.384. The summed E-state index contributed by atoms with van der Waals surface area (Å²) in [5, 5.41) is 11.5. The molecule has 4 rings (SSSR count). The summed E-state index contributed by atoms with van der Waals surface area (Å²) in [6, 6.07) is 11.5. The molecule has 0 bridgehead atoms. The molecule has 1 amide bonds. The zero-order valence-electron chi connectivity index (χ0n) is 21.9. The van der Waals surface area contributed by atoms with Crippen molar-refractivity contribution in [2.75, 3.05) is 46.5 Å². The minimum Gasteiger partial charge on any atom is -0.493 e. The van der Waals surface area contributed by atoms with Crippen LogP contribution in [0.25, 0.3) is 0 Å². The Kier molecular flexibility index (Phi) is 9.19. The van der Waals surface area contributed by atoms with Gasteiger partial charge >= 0.3 is 0 Å². The first kappa shape index (κ1) is 27.4. The van der Waals surface area contributed by atoms with Gasteiger partial charge in [0, 0.05) is 52.0 Å². The van der Waals surface area contributed by atoms with E-state index in [9.17, 15) is 14.3 Å². The van der Waals surface area contributed by atoms with E-state index in [0.717, 1.165) is 18.5 Å². The summed E-state index contributed by atoms with van der Waals surface area (Å²) in [5.74, 6) is 1.29. The lowest BCUT2D eigenvalue weighted by Gasteiger charge is -2.32. The van der Waals surface area contributed by atoms with Crippen LogP contribution in [0.1, 0.15) is 18.9 Å². The zero-order valence-corrected chi connectivity index (χ0v) is 21.9. The third kappa shape index (κ3) is 7.69.